The molecule has 0 radical (unpaired) electrons. The summed E-state index contributed by atoms with van der Waals surface area (Å²) in [5, 5.41) is 1.11. The Kier molecular flexibility index (Phi) is 3.80. The number of hydrogen-bond donors (Lipinski definition) is 1. The van der Waals surface area contributed by atoms with Gasteiger partial charge in [-0.2, -0.15) is 0 Å². The number of fused-ring (bicyclic) bond motifs is 1. The van der Waals surface area contributed by atoms with E-state index in [0.29, 0.717) is 11.3 Å². The molecular formula is C23H21NO2. The Morgan fingerprint density at radius 1 is 0.923 bits per heavy atom. The Morgan fingerprint density at radius 2 is 1.65 bits per heavy atom. The predicted molar refractivity (Wildman–Crippen MR) is 106 cm³/mol. The molecule has 0 spiro atoms. The monoisotopic (exact) mass is 343 g/mol. The molecule has 0 fully saturated rings. The number of H-pyrrole nitrogens is 1. The summed E-state index contributed by atoms with van der Waals surface area (Å²) in [6.07, 6.45) is 0. The maximum atomic E-state index is 12.4. The number of rotatable bonds is 3. The van der Waals surface area contributed by atoms with Crippen LogP contribution >= 0.6 is 0 Å². The molecule has 0 aliphatic heterocycles. The van der Waals surface area contributed by atoms with E-state index in [2.05, 4.69) is 42.2 Å². The minimum atomic E-state index is 0.0235. The number of carbonyl (C=O) groups is 1. The fraction of sp³-hybridized carbons (Fsp3) is 0.174. The molecule has 3 nitrogen and oxygen atoms in total. The van der Waals surface area contributed by atoms with Gasteiger partial charge in [-0.25, -0.2) is 0 Å². The molecule has 3 heteroatoms. The zero-order valence-electron chi connectivity index (χ0n) is 15.4. The van der Waals surface area contributed by atoms with E-state index in [1.54, 1.807) is 6.92 Å². The zero-order valence-corrected chi connectivity index (χ0v) is 15.4. The van der Waals surface area contributed by atoms with Crippen LogP contribution in [0.15, 0.2) is 52.9 Å². The van der Waals surface area contributed by atoms with Crippen LogP contribution in [0.4, 0.5) is 0 Å². The van der Waals surface area contributed by atoms with Gasteiger partial charge in [0, 0.05) is 22.0 Å². The van der Waals surface area contributed by atoms with Crippen molar-refractivity contribution in [2.45, 2.75) is 27.7 Å². The number of hydrogen-bond acceptors (Lipinski definition) is 2. The summed E-state index contributed by atoms with van der Waals surface area (Å²) in [7, 11) is 0. The molecule has 2 heterocycles. The lowest BCUT2D eigenvalue weighted by atomic mass is 9.93. The number of aromatic amines is 1. The summed E-state index contributed by atoms with van der Waals surface area (Å²) in [6, 6.07) is 16.6. The molecule has 4 rings (SSSR count). The van der Waals surface area contributed by atoms with Crippen molar-refractivity contribution >= 4 is 16.7 Å². The van der Waals surface area contributed by atoms with E-state index in [-0.39, 0.29) is 5.78 Å². The van der Waals surface area contributed by atoms with Crippen LogP contribution in [-0.4, -0.2) is 10.8 Å². The van der Waals surface area contributed by atoms with Crippen molar-refractivity contribution in [1.82, 2.24) is 4.98 Å². The maximum Gasteiger partial charge on any atom is 0.163 e. The molecule has 26 heavy (non-hydrogen) atoms. The molecule has 1 N–H and O–H groups in total. The molecule has 0 saturated carbocycles. The number of aryl methyl sites for hydroxylation is 3. The van der Waals surface area contributed by atoms with Crippen molar-refractivity contribution in [2.75, 3.05) is 0 Å². The van der Waals surface area contributed by atoms with E-state index in [4.69, 9.17) is 4.42 Å². The number of benzene rings is 2. The molecule has 0 amide bonds. The number of aromatic nitrogens is 1. The van der Waals surface area contributed by atoms with Crippen LogP contribution in [-0.2, 0) is 0 Å². The molecule has 0 aliphatic rings. The number of carbonyl (C=O) groups excluding carboxylic acids is 1. The highest BCUT2D eigenvalue weighted by Crippen LogP contribution is 2.43. The van der Waals surface area contributed by atoms with E-state index in [1.807, 2.05) is 32.0 Å². The number of ketones is 1. The van der Waals surface area contributed by atoms with Crippen molar-refractivity contribution in [3.05, 3.63) is 71.2 Å². The lowest BCUT2D eigenvalue weighted by Crippen LogP contribution is -1.96. The van der Waals surface area contributed by atoms with Crippen molar-refractivity contribution < 1.29 is 9.21 Å². The Hall–Kier alpha value is -3.07. The van der Waals surface area contributed by atoms with Gasteiger partial charge in [0.25, 0.3) is 0 Å². The Labute approximate surface area is 152 Å². The van der Waals surface area contributed by atoms with Gasteiger partial charge in [0.15, 0.2) is 5.78 Å². The van der Waals surface area contributed by atoms with E-state index < -0.39 is 0 Å². The molecule has 2 aromatic carbocycles. The van der Waals surface area contributed by atoms with Crippen molar-refractivity contribution in [3.63, 3.8) is 0 Å². The molecule has 0 atom stereocenters. The minimum Gasteiger partial charge on any atom is -0.465 e. The van der Waals surface area contributed by atoms with Crippen LogP contribution in [0.5, 0.6) is 0 Å². The third-order valence-electron chi connectivity index (χ3n) is 4.88. The predicted octanol–water partition coefficient (Wildman–Crippen LogP) is 6.22. The SMILES string of the molecule is CC(=O)c1c(C)oc(C)c1-c1c(-c2ccccc2)[nH]c2ccc(C)cc12. The van der Waals surface area contributed by atoms with Gasteiger partial charge in [-0.1, -0.05) is 42.0 Å². The second-order valence-electron chi connectivity index (χ2n) is 6.81. The average molecular weight is 343 g/mol. The lowest BCUT2D eigenvalue weighted by molar-refractivity contribution is 0.101. The number of furan rings is 1. The maximum absolute atomic E-state index is 12.4. The van der Waals surface area contributed by atoms with Gasteiger partial charge in [0.1, 0.15) is 11.5 Å². The van der Waals surface area contributed by atoms with Crippen molar-refractivity contribution in [1.29, 1.82) is 0 Å². The summed E-state index contributed by atoms with van der Waals surface area (Å²) in [4.78, 5) is 15.9. The second kappa shape index (κ2) is 6.03. The van der Waals surface area contributed by atoms with Crippen LogP contribution < -0.4 is 0 Å². The first kappa shape index (κ1) is 16.4. The first-order chi connectivity index (χ1) is 12.5. The number of nitrogens with one attached hydrogen (secondary N) is 1. The largest absolute Gasteiger partial charge is 0.465 e. The van der Waals surface area contributed by atoms with Crippen molar-refractivity contribution in [2.24, 2.45) is 0 Å². The van der Waals surface area contributed by atoms with Gasteiger partial charge < -0.3 is 9.40 Å². The zero-order chi connectivity index (χ0) is 18.4. The lowest BCUT2D eigenvalue weighted by Gasteiger charge is -2.07. The van der Waals surface area contributed by atoms with E-state index in [1.165, 1.54) is 5.56 Å². The van der Waals surface area contributed by atoms with E-state index >= 15 is 0 Å². The number of Topliss-reactive ketones (excluding diaryl/α,β-unsaturated/α-hetero) is 1. The van der Waals surface area contributed by atoms with Gasteiger partial charge in [-0.15, -0.1) is 0 Å². The summed E-state index contributed by atoms with van der Waals surface area (Å²) in [6.45, 7) is 7.47. The quantitative estimate of drug-likeness (QED) is 0.449. The van der Waals surface area contributed by atoms with Crippen molar-refractivity contribution in [3.8, 4) is 22.4 Å². The molecule has 0 bridgehead atoms. The first-order valence-corrected chi connectivity index (χ1v) is 8.76. The molecule has 2 aromatic heterocycles. The molecule has 0 unspecified atom stereocenters. The molecular weight excluding hydrogens is 322 g/mol. The Morgan fingerprint density at radius 3 is 2.35 bits per heavy atom. The molecule has 0 aliphatic carbocycles. The second-order valence-corrected chi connectivity index (χ2v) is 6.81. The van der Waals surface area contributed by atoms with Crippen LogP contribution in [0, 0.1) is 20.8 Å². The summed E-state index contributed by atoms with van der Waals surface area (Å²) in [5.74, 6) is 1.47. The summed E-state index contributed by atoms with van der Waals surface area (Å²) >= 11 is 0. The van der Waals surface area contributed by atoms with Gasteiger partial charge in [0.05, 0.1) is 11.3 Å². The standard InChI is InChI=1S/C23H21NO2/c1-13-10-11-19-18(12-13)22(23(24-19)17-8-6-5-7-9-17)21-16(4)26-15(3)20(21)14(2)25/h5-12,24H,1-4H3. The van der Waals surface area contributed by atoms with Crippen LogP contribution in [0.25, 0.3) is 33.3 Å². The average Bonchev–Trinajstić information content (AvgIpc) is 3.11. The van der Waals surface area contributed by atoms with Crippen LogP contribution in [0.2, 0.25) is 0 Å². The molecule has 4 aromatic rings. The first-order valence-electron chi connectivity index (χ1n) is 8.76. The van der Waals surface area contributed by atoms with E-state index in [9.17, 15) is 4.79 Å². The third kappa shape index (κ3) is 2.48. The van der Waals surface area contributed by atoms with Gasteiger partial charge in [0.2, 0.25) is 0 Å². The smallest absolute Gasteiger partial charge is 0.163 e. The van der Waals surface area contributed by atoms with Gasteiger partial charge in [-0.05, 0) is 45.4 Å². The normalized spacial score (nSPS) is 11.2. The van der Waals surface area contributed by atoms with Crippen LogP contribution in [0.3, 0.4) is 0 Å². The summed E-state index contributed by atoms with van der Waals surface area (Å²) in [5.41, 5.74) is 6.93. The highest BCUT2D eigenvalue weighted by molar-refractivity contribution is 6.11. The van der Waals surface area contributed by atoms with Crippen LogP contribution in [0.1, 0.15) is 34.4 Å². The highest BCUT2D eigenvalue weighted by Gasteiger charge is 2.25. The van der Waals surface area contributed by atoms with Gasteiger partial charge in [-0.3, -0.25) is 4.79 Å². The highest BCUT2D eigenvalue weighted by atomic mass is 16.3. The molecule has 130 valence electrons. The summed E-state index contributed by atoms with van der Waals surface area (Å²) < 4.78 is 5.87. The Bertz CT molecular complexity index is 1130. The molecule has 0 saturated heterocycles. The van der Waals surface area contributed by atoms with Gasteiger partial charge >= 0.3 is 0 Å². The fourth-order valence-electron chi connectivity index (χ4n) is 3.80. The van der Waals surface area contributed by atoms with E-state index in [0.717, 1.165) is 39.0 Å². The Balaban J connectivity index is 2.16. The third-order valence-corrected chi connectivity index (χ3v) is 4.88. The topological polar surface area (TPSA) is 46.0 Å². The fourth-order valence-corrected chi connectivity index (χ4v) is 3.80. The minimum absolute atomic E-state index is 0.0235.